The molecule has 22 heavy (non-hydrogen) atoms. The lowest BCUT2D eigenvalue weighted by Crippen LogP contribution is -2.31. The van der Waals surface area contributed by atoms with E-state index in [1.165, 1.54) is 0 Å². The fourth-order valence-electron chi connectivity index (χ4n) is 2.02. The molecular formula is C15H23NO6. The lowest BCUT2D eigenvalue weighted by atomic mass is 10.1. The number of hydrogen-bond acceptors (Lipinski definition) is 6. The molecule has 124 valence electrons. The van der Waals surface area contributed by atoms with Gasteiger partial charge in [-0.3, -0.25) is 14.4 Å². The van der Waals surface area contributed by atoms with Gasteiger partial charge in [0.15, 0.2) is 0 Å². The molecule has 0 bridgehead atoms. The van der Waals surface area contributed by atoms with E-state index in [1.807, 2.05) is 0 Å². The Hall–Kier alpha value is -1.92. The Morgan fingerprint density at radius 2 is 1.45 bits per heavy atom. The number of nitrogens with zero attached hydrogens (tertiary/aromatic N) is 1. The summed E-state index contributed by atoms with van der Waals surface area (Å²) in [7, 11) is 0. The zero-order valence-corrected chi connectivity index (χ0v) is 13.1. The highest BCUT2D eigenvalue weighted by atomic mass is 16.7. The van der Waals surface area contributed by atoms with Crippen molar-refractivity contribution in [3.8, 4) is 0 Å². The predicted octanol–water partition coefficient (Wildman–Crippen LogP) is 1.89. The first-order valence-electron chi connectivity index (χ1n) is 7.66. The first-order valence-corrected chi connectivity index (χ1v) is 7.66. The number of carbonyl (C=O) groups excluding carboxylic acids is 4. The summed E-state index contributed by atoms with van der Waals surface area (Å²) in [5.74, 6) is -1.73. The predicted molar refractivity (Wildman–Crippen MR) is 76.1 cm³/mol. The minimum atomic E-state index is -0.581. The Morgan fingerprint density at radius 1 is 0.955 bits per heavy atom. The average Bonchev–Trinajstić information content (AvgIpc) is 2.73. The van der Waals surface area contributed by atoms with Crippen LogP contribution in [0.1, 0.15) is 65.2 Å². The number of hydroxylamine groups is 2. The summed E-state index contributed by atoms with van der Waals surface area (Å²) in [6.07, 6.45) is 3.49. The van der Waals surface area contributed by atoms with E-state index in [9.17, 15) is 19.2 Å². The molecule has 0 aromatic rings. The van der Waals surface area contributed by atoms with E-state index >= 15 is 0 Å². The van der Waals surface area contributed by atoms with Crippen LogP contribution in [-0.4, -0.2) is 34.9 Å². The van der Waals surface area contributed by atoms with Crippen molar-refractivity contribution in [3.63, 3.8) is 0 Å². The number of ether oxygens (including phenoxy) is 1. The summed E-state index contributed by atoms with van der Waals surface area (Å²) in [6.45, 7) is 3.61. The van der Waals surface area contributed by atoms with E-state index in [2.05, 4.69) is 0 Å². The van der Waals surface area contributed by atoms with Crippen LogP contribution >= 0.6 is 0 Å². The van der Waals surface area contributed by atoms with Gasteiger partial charge >= 0.3 is 11.9 Å². The molecule has 0 N–H and O–H groups in total. The van der Waals surface area contributed by atoms with Crippen LogP contribution in [0.5, 0.6) is 0 Å². The summed E-state index contributed by atoms with van der Waals surface area (Å²) >= 11 is 0. The Labute approximate surface area is 129 Å². The summed E-state index contributed by atoms with van der Waals surface area (Å²) in [5.41, 5.74) is 0. The molecule has 0 spiro atoms. The van der Waals surface area contributed by atoms with Crippen molar-refractivity contribution >= 4 is 23.8 Å². The first-order chi connectivity index (χ1) is 10.4. The first kappa shape index (κ1) is 18.1. The normalized spacial score (nSPS) is 14.6. The van der Waals surface area contributed by atoms with E-state index in [4.69, 9.17) is 9.57 Å². The Bertz CT molecular complexity index is 416. The van der Waals surface area contributed by atoms with Gasteiger partial charge in [0.05, 0.1) is 6.10 Å². The van der Waals surface area contributed by atoms with Gasteiger partial charge in [0.1, 0.15) is 0 Å². The van der Waals surface area contributed by atoms with Crippen molar-refractivity contribution in [1.29, 1.82) is 0 Å². The van der Waals surface area contributed by atoms with Gasteiger partial charge in [-0.15, -0.1) is 5.06 Å². The molecule has 1 heterocycles. The molecule has 7 nitrogen and oxygen atoms in total. The van der Waals surface area contributed by atoms with Crippen molar-refractivity contribution in [1.82, 2.24) is 5.06 Å². The van der Waals surface area contributed by atoms with Crippen molar-refractivity contribution in [2.75, 3.05) is 0 Å². The number of rotatable bonds is 9. The third-order valence-electron chi connectivity index (χ3n) is 3.08. The highest BCUT2D eigenvalue weighted by molar-refractivity contribution is 6.01. The monoisotopic (exact) mass is 313 g/mol. The fraction of sp³-hybridized carbons (Fsp3) is 0.733. The molecular weight excluding hydrogens is 290 g/mol. The summed E-state index contributed by atoms with van der Waals surface area (Å²) in [4.78, 5) is 50.1. The molecule has 0 aliphatic carbocycles. The van der Waals surface area contributed by atoms with Crippen molar-refractivity contribution in [3.05, 3.63) is 0 Å². The van der Waals surface area contributed by atoms with Crippen molar-refractivity contribution < 1.29 is 28.8 Å². The molecule has 1 rings (SSSR count). The summed E-state index contributed by atoms with van der Waals surface area (Å²) in [6, 6.07) is 0. The zero-order chi connectivity index (χ0) is 16.5. The third-order valence-corrected chi connectivity index (χ3v) is 3.08. The Morgan fingerprint density at radius 3 is 1.95 bits per heavy atom. The SMILES string of the molecule is CC(C)OC(=O)CCCCCCC(=O)ON1C(=O)CCC1=O. The fourth-order valence-corrected chi connectivity index (χ4v) is 2.02. The molecule has 1 fully saturated rings. The lowest BCUT2D eigenvalue weighted by Gasteiger charge is -2.12. The highest BCUT2D eigenvalue weighted by Crippen LogP contribution is 2.14. The van der Waals surface area contributed by atoms with Gasteiger partial charge in [0.2, 0.25) is 0 Å². The van der Waals surface area contributed by atoms with E-state index in [0.717, 1.165) is 12.8 Å². The number of esters is 1. The molecule has 1 aliphatic heterocycles. The summed E-state index contributed by atoms with van der Waals surface area (Å²) < 4.78 is 5.01. The molecule has 1 aliphatic rings. The van der Waals surface area contributed by atoms with Crippen LogP contribution in [0.4, 0.5) is 0 Å². The second-order valence-corrected chi connectivity index (χ2v) is 5.50. The number of unbranched alkanes of at least 4 members (excludes halogenated alkanes) is 3. The third kappa shape index (κ3) is 6.69. The second kappa shape index (κ2) is 9.17. The Kier molecular flexibility index (Phi) is 7.56. The Balaban J connectivity index is 2.05. The molecule has 0 saturated carbocycles. The topological polar surface area (TPSA) is 90.0 Å². The van der Waals surface area contributed by atoms with Crippen LogP contribution in [0.3, 0.4) is 0 Å². The molecule has 7 heteroatoms. The average molecular weight is 313 g/mol. The van der Waals surface area contributed by atoms with Gasteiger partial charge < -0.3 is 9.57 Å². The smallest absolute Gasteiger partial charge is 0.333 e. The van der Waals surface area contributed by atoms with Crippen LogP contribution in [-0.2, 0) is 28.8 Å². The van der Waals surface area contributed by atoms with E-state index < -0.39 is 17.8 Å². The van der Waals surface area contributed by atoms with Gasteiger partial charge in [-0.05, 0) is 26.7 Å². The van der Waals surface area contributed by atoms with E-state index in [1.54, 1.807) is 13.8 Å². The van der Waals surface area contributed by atoms with Crippen LogP contribution < -0.4 is 0 Å². The van der Waals surface area contributed by atoms with Crippen LogP contribution in [0.2, 0.25) is 0 Å². The van der Waals surface area contributed by atoms with Crippen LogP contribution in [0.15, 0.2) is 0 Å². The molecule has 0 aromatic heterocycles. The maximum atomic E-state index is 11.5. The molecule has 1 saturated heterocycles. The minimum Gasteiger partial charge on any atom is -0.463 e. The number of carbonyl (C=O) groups is 4. The lowest BCUT2D eigenvalue weighted by molar-refractivity contribution is -0.197. The number of hydrogen-bond donors (Lipinski definition) is 0. The summed E-state index contributed by atoms with van der Waals surface area (Å²) in [5, 5.41) is 0.560. The van der Waals surface area contributed by atoms with Crippen LogP contribution in [0, 0.1) is 0 Å². The molecule has 0 aromatic carbocycles. The van der Waals surface area contributed by atoms with Gasteiger partial charge in [-0.2, -0.15) is 0 Å². The van der Waals surface area contributed by atoms with Gasteiger partial charge in [-0.1, -0.05) is 12.8 Å². The quantitative estimate of drug-likeness (QED) is 0.367. The van der Waals surface area contributed by atoms with E-state index in [0.29, 0.717) is 24.3 Å². The number of amides is 2. The molecule has 2 amide bonds. The van der Waals surface area contributed by atoms with E-state index in [-0.39, 0.29) is 31.3 Å². The second-order valence-electron chi connectivity index (χ2n) is 5.50. The van der Waals surface area contributed by atoms with Gasteiger partial charge in [-0.25, -0.2) is 4.79 Å². The largest absolute Gasteiger partial charge is 0.463 e. The van der Waals surface area contributed by atoms with Crippen molar-refractivity contribution in [2.24, 2.45) is 0 Å². The highest BCUT2D eigenvalue weighted by Gasteiger charge is 2.32. The molecule has 0 radical (unpaired) electrons. The van der Waals surface area contributed by atoms with Crippen molar-refractivity contribution in [2.45, 2.75) is 71.3 Å². The minimum absolute atomic E-state index is 0.0958. The maximum Gasteiger partial charge on any atom is 0.333 e. The number of imide groups is 1. The van der Waals surface area contributed by atoms with Crippen LogP contribution in [0.25, 0.3) is 0 Å². The standard InChI is InChI=1S/C15H23NO6/c1-11(2)21-14(19)7-5-3-4-6-8-15(20)22-16-12(17)9-10-13(16)18/h11H,3-10H2,1-2H3. The molecule has 0 unspecified atom stereocenters. The molecule has 0 atom stereocenters. The van der Waals surface area contributed by atoms with Gasteiger partial charge in [0, 0.05) is 25.7 Å². The van der Waals surface area contributed by atoms with Gasteiger partial charge in [0.25, 0.3) is 11.8 Å². The zero-order valence-electron chi connectivity index (χ0n) is 13.1. The maximum absolute atomic E-state index is 11.5.